The maximum atomic E-state index is 12.6. The Morgan fingerprint density at radius 1 is 1.33 bits per heavy atom. The first-order valence-electron chi connectivity index (χ1n) is 4.97. The molecule has 0 aromatic heterocycles. The molecular weight excluding hydrogens is 215 g/mol. The summed E-state index contributed by atoms with van der Waals surface area (Å²) in [6.45, 7) is 0.701. The minimum absolute atomic E-state index is 0.210. The van der Waals surface area contributed by atoms with Crippen LogP contribution in [0.1, 0.15) is 12.8 Å². The molecule has 1 aliphatic rings. The van der Waals surface area contributed by atoms with E-state index in [1.165, 1.54) is 37.1 Å². The molecule has 1 atom stereocenters. The van der Waals surface area contributed by atoms with Crippen LogP contribution in [0.5, 0.6) is 0 Å². The Balaban J connectivity index is 1.81. The second-order valence-electron chi connectivity index (χ2n) is 3.73. The number of halogens is 1. The van der Waals surface area contributed by atoms with Gasteiger partial charge in [-0.2, -0.15) is 0 Å². The molecule has 0 spiro atoms. The summed E-state index contributed by atoms with van der Waals surface area (Å²) in [5.74, 6) is 0.576. The summed E-state index contributed by atoms with van der Waals surface area (Å²) in [6, 6.07) is 5.69. The number of hydrogen-bond donors (Lipinski definition) is 0. The summed E-state index contributed by atoms with van der Waals surface area (Å²) in [5.41, 5.74) is 0. The molecule has 82 valence electrons. The maximum absolute atomic E-state index is 12.6. The molecule has 2 rings (SSSR count). The average Bonchev–Trinajstić information content (AvgIpc) is 3.02. The molecule has 0 bridgehead atoms. The van der Waals surface area contributed by atoms with E-state index >= 15 is 0 Å². The normalized spacial score (nSPS) is 17.7. The number of ether oxygens (including phenoxy) is 1. The first kappa shape index (κ1) is 10.8. The van der Waals surface area contributed by atoms with E-state index in [1.807, 2.05) is 0 Å². The van der Waals surface area contributed by atoms with Gasteiger partial charge in [0.25, 0.3) is 0 Å². The van der Waals surface area contributed by atoms with Crippen molar-refractivity contribution < 1.29 is 13.3 Å². The smallest absolute Gasteiger partial charge is 0.126 e. The van der Waals surface area contributed by atoms with Crippen LogP contribution >= 0.6 is 0 Å². The molecular formula is C11H13FO2S. The van der Waals surface area contributed by atoms with E-state index in [1.54, 1.807) is 0 Å². The van der Waals surface area contributed by atoms with Gasteiger partial charge in [-0.15, -0.1) is 0 Å². The predicted molar refractivity (Wildman–Crippen MR) is 56.4 cm³/mol. The van der Waals surface area contributed by atoms with Crippen molar-refractivity contribution in [2.75, 3.05) is 12.5 Å². The highest BCUT2D eigenvalue weighted by atomic mass is 32.2. The fraction of sp³-hybridized carbons (Fsp3) is 0.455. The maximum Gasteiger partial charge on any atom is 0.126 e. The molecule has 1 saturated carbocycles. The molecule has 0 saturated heterocycles. The molecule has 0 aliphatic heterocycles. The van der Waals surface area contributed by atoms with Crippen molar-refractivity contribution in [3.63, 3.8) is 0 Å². The number of rotatable bonds is 5. The summed E-state index contributed by atoms with van der Waals surface area (Å²) >= 11 is 0. The summed E-state index contributed by atoms with van der Waals surface area (Å²) < 4.78 is 29.5. The Hall–Kier alpha value is -0.740. The van der Waals surface area contributed by atoms with Crippen LogP contribution in [0.15, 0.2) is 29.2 Å². The van der Waals surface area contributed by atoms with Gasteiger partial charge in [-0.3, -0.25) is 4.21 Å². The van der Waals surface area contributed by atoms with Crippen LogP contribution in [0.4, 0.5) is 4.39 Å². The van der Waals surface area contributed by atoms with Gasteiger partial charge in [0, 0.05) is 4.90 Å². The lowest BCUT2D eigenvalue weighted by Crippen LogP contribution is -2.05. The second kappa shape index (κ2) is 4.86. The zero-order valence-corrected chi connectivity index (χ0v) is 9.13. The third kappa shape index (κ3) is 3.39. The van der Waals surface area contributed by atoms with Crippen molar-refractivity contribution in [1.82, 2.24) is 0 Å². The van der Waals surface area contributed by atoms with E-state index in [2.05, 4.69) is 0 Å². The standard InChI is InChI=1S/C11H13FO2S/c12-10-3-5-11(6-4-10)15(13)8-14-7-9-1-2-9/h3-6,9H,1-2,7-8H2. The molecule has 1 fully saturated rings. The Morgan fingerprint density at radius 2 is 2.00 bits per heavy atom. The zero-order valence-electron chi connectivity index (χ0n) is 8.32. The van der Waals surface area contributed by atoms with Gasteiger partial charge in [-0.05, 0) is 43.0 Å². The van der Waals surface area contributed by atoms with Crippen LogP contribution in [0, 0.1) is 11.7 Å². The highest BCUT2D eigenvalue weighted by molar-refractivity contribution is 7.84. The Labute approximate surface area is 90.9 Å². The van der Waals surface area contributed by atoms with Crippen LogP contribution in [0.3, 0.4) is 0 Å². The summed E-state index contributed by atoms with van der Waals surface area (Å²) in [5, 5.41) is 0. The molecule has 4 heteroatoms. The van der Waals surface area contributed by atoms with Gasteiger partial charge in [0.2, 0.25) is 0 Å². The van der Waals surface area contributed by atoms with Crippen LogP contribution in [-0.2, 0) is 15.5 Å². The average molecular weight is 228 g/mol. The first-order valence-corrected chi connectivity index (χ1v) is 6.29. The number of benzene rings is 1. The van der Waals surface area contributed by atoms with E-state index in [0.717, 1.165) is 0 Å². The quantitative estimate of drug-likeness (QED) is 0.773. The summed E-state index contributed by atoms with van der Waals surface area (Å²) in [7, 11) is -1.17. The van der Waals surface area contributed by atoms with Crippen molar-refractivity contribution in [1.29, 1.82) is 0 Å². The monoisotopic (exact) mass is 228 g/mol. The Bertz CT molecular complexity index is 346. The molecule has 0 heterocycles. The lowest BCUT2D eigenvalue weighted by molar-refractivity contribution is 0.168. The van der Waals surface area contributed by atoms with Gasteiger partial charge in [-0.1, -0.05) is 0 Å². The SMILES string of the molecule is O=S(COCC1CC1)c1ccc(F)cc1. The molecule has 1 aliphatic carbocycles. The highest BCUT2D eigenvalue weighted by Gasteiger charge is 2.21. The minimum atomic E-state index is -1.17. The zero-order chi connectivity index (χ0) is 10.7. The van der Waals surface area contributed by atoms with Crippen molar-refractivity contribution in [3.8, 4) is 0 Å². The van der Waals surface area contributed by atoms with Crippen molar-refractivity contribution in [2.24, 2.45) is 5.92 Å². The second-order valence-corrected chi connectivity index (χ2v) is 5.13. The van der Waals surface area contributed by atoms with E-state index < -0.39 is 10.8 Å². The molecule has 1 aromatic rings. The molecule has 15 heavy (non-hydrogen) atoms. The molecule has 0 N–H and O–H groups in total. The predicted octanol–water partition coefficient (Wildman–Crippen LogP) is 2.32. The van der Waals surface area contributed by atoms with Crippen molar-refractivity contribution in [2.45, 2.75) is 17.7 Å². The largest absolute Gasteiger partial charge is 0.368 e. The van der Waals surface area contributed by atoms with Gasteiger partial charge in [0.05, 0.1) is 17.4 Å². The molecule has 0 radical (unpaired) electrons. The van der Waals surface area contributed by atoms with Crippen molar-refractivity contribution >= 4 is 10.8 Å². The fourth-order valence-corrected chi connectivity index (χ4v) is 2.05. The van der Waals surface area contributed by atoms with Crippen LogP contribution in [-0.4, -0.2) is 16.8 Å². The van der Waals surface area contributed by atoms with E-state index in [-0.39, 0.29) is 11.8 Å². The lowest BCUT2D eigenvalue weighted by atomic mass is 10.4. The third-order valence-corrected chi connectivity index (χ3v) is 3.50. The van der Waals surface area contributed by atoms with Crippen LogP contribution in [0.25, 0.3) is 0 Å². The van der Waals surface area contributed by atoms with Crippen LogP contribution in [0.2, 0.25) is 0 Å². The first-order chi connectivity index (χ1) is 7.25. The van der Waals surface area contributed by atoms with E-state index in [4.69, 9.17) is 4.74 Å². The molecule has 1 aromatic carbocycles. The molecule has 0 amide bonds. The topological polar surface area (TPSA) is 26.3 Å². The lowest BCUT2D eigenvalue weighted by Gasteiger charge is -2.03. The van der Waals surface area contributed by atoms with Gasteiger partial charge >= 0.3 is 0 Å². The molecule has 1 unspecified atom stereocenters. The summed E-state index contributed by atoms with van der Waals surface area (Å²) in [6.07, 6.45) is 2.45. The summed E-state index contributed by atoms with van der Waals surface area (Å²) in [4.78, 5) is 0.618. The van der Waals surface area contributed by atoms with Gasteiger partial charge < -0.3 is 4.74 Å². The van der Waals surface area contributed by atoms with E-state index in [0.29, 0.717) is 17.4 Å². The Kier molecular flexibility index (Phi) is 3.49. The highest BCUT2D eigenvalue weighted by Crippen LogP contribution is 2.28. The fourth-order valence-electron chi connectivity index (χ4n) is 1.23. The Morgan fingerprint density at radius 3 is 2.60 bits per heavy atom. The van der Waals surface area contributed by atoms with Gasteiger partial charge in [0.1, 0.15) is 11.8 Å². The van der Waals surface area contributed by atoms with E-state index in [9.17, 15) is 8.60 Å². The minimum Gasteiger partial charge on any atom is -0.368 e. The third-order valence-electron chi connectivity index (χ3n) is 2.32. The molecule has 2 nitrogen and oxygen atoms in total. The van der Waals surface area contributed by atoms with Crippen LogP contribution < -0.4 is 0 Å². The van der Waals surface area contributed by atoms with Gasteiger partial charge in [-0.25, -0.2) is 4.39 Å². The van der Waals surface area contributed by atoms with Gasteiger partial charge in [0.15, 0.2) is 0 Å². The number of hydrogen-bond acceptors (Lipinski definition) is 2. The van der Waals surface area contributed by atoms with Crippen molar-refractivity contribution in [3.05, 3.63) is 30.1 Å².